The number of ether oxygens (including phenoxy) is 2. The van der Waals surface area contributed by atoms with Gasteiger partial charge in [0.05, 0.1) is 18.5 Å². The quantitative estimate of drug-likeness (QED) is 0.569. The summed E-state index contributed by atoms with van der Waals surface area (Å²) in [7, 11) is -1.43. The summed E-state index contributed by atoms with van der Waals surface area (Å²) in [6.45, 7) is 3.64. The maximum Gasteiger partial charge on any atom is 0.208 e. The first-order chi connectivity index (χ1) is 7.98. The highest BCUT2D eigenvalue weighted by atomic mass is 32.2. The van der Waals surface area contributed by atoms with Crippen LogP contribution < -0.4 is 10.0 Å². The normalized spacial score (nSPS) is 29.0. The molecule has 1 fully saturated rings. The van der Waals surface area contributed by atoms with Crippen LogP contribution in [0.4, 0.5) is 0 Å². The van der Waals surface area contributed by atoms with Gasteiger partial charge in [0, 0.05) is 32.8 Å². The van der Waals surface area contributed by atoms with Crippen LogP contribution in [0.2, 0.25) is 0 Å². The highest BCUT2D eigenvalue weighted by molar-refractivity contribution is 7.88. The van der Waals surface area contributed by atoms with Crippen LogP contribution in [0.1, 0.15) is 13.3 Å². The standard InChI is InChI=1S/C10H22N2O4S/c1-4-16-9-7-8(10(9)15-2)11-5-6-12-17(3,13)14/h8-12H,4-7H2,1-3H3. The monoisotopic (exact) mass is 266 g/mol. The second-order valence-corrected chi connectivity index (χ2v) is 5.99. The fourth-order valence-electron chi connectivity index (χ4n) is 1.97. The molecule has 3 atom stereocenters. The van der Waals surface area contributed by atoms with Gasteiger partial charge >= 0.3 is 0 Å². The Hall–Kier alpha value is -0.210. The molecule has 0 amide bonds. The highest BCUT2D eigenvalue weighted by Gasteiger charge is 2.41. The Bertz CT molecular complexity index is 320. The molecule has 0 bridgehead atoms. The van der Waals surface area contributed by atoms with E-state index in [4.69, 9.17) is 9.47 Å². The minimum Gasteiger partial charge on any atom is -0.377 e. The third-order valence-corrected chi connectivity index (χ3v) is 3.53. The second-order valence-electron chi connectivity index (χ2n) is 4.16. The SMILES string of the molecule is CCOC1CC(NCCNS(C)(=O)=O)C1OC. The van der Waals surface area contributed by atoms with Crippen LogP contribution in [0.25, 0.3) is 0 Å². The Morgan fingerprint density at radius 3 is 2.59 bits per heavy atom. The molecular weight excluding hydrogens is 244 g/mol. The van der Waals surface area contributed by atoms with Crippen LogP contribution in [0.3, 0.4) is 0 Å². The Morgan fingerprint density at radius 2 is 2.06 bits per heavy atom. The van der Waals surface area contributed by atoms with Gasteiger partial charge in [-0.15, -0.1) is 0 Å². The van der Waals surface area contributed by atoms with Crippen molar-refractivity contribution < 1.29 is 17.9 Å². The molecule has 2 N–H and O–H groups in total. The van der Waals surface area contributed by atoms with Crippen molar-refractivity contribution in [2.75, 3.05) is 33.1 Å². The van der Waals surface area contributed by atoms with E-state index in [-0.39, 0.29) is 18.2 Å². The van der Waals surface area contributed by atoms with Gasteiger partial charge < -0.3 is 14.8 Å². The molecule has 1 saturated carbocycles. The summed E-state index contributed by atoms with van der Waals surface area (Å²) in [5.41, 5.74) is 0. The van der Waals surface area contributed by atoms with Gasteiger partial charge in [0.1, 0.15) is 0 Å². The predicted octanol–water partition coefficient (Wildman–Crippen LogP) is -0.682. The van der Waals surface area contributed by atoms with Gasteiger partial charge in [-0.3, -0.25) is 0 Å². The van der Waals surface area contributed by atoms with E-state index in [1.807, 2.05) is 6.92 Å². The van der Waals surface area contributed by atoms with Crippen LogP contribution >= 0.6 is 0 Å². The lowest BCUT2D eigenvalue weighted by Crippen LogP contribution is -2.60. The molecule has 0 saturated heterocycles. The van der Waals surface area contributed by atoms with Crippen molar-refractivity contribution in [3.05, 3.63) is 0 Å². The van der Waals surface area contributed by atoms with Crippen LogP contribution in [0.5, 0.6) is 0 Å². The fourth-order valence-corrected chi connectivity index (χ4v) is 2.44. The van der Waals surface area contributed by atoms with Crippen molar-refractivity contribution in [1.82, 2.24) is 10.0 Å². The minimum absolute atomic E-state index is 0.0631. The van der Waals surface area contributed by atoms with Crippen LogP contribution in [-0.2, 0) is 19.5 Å². The van der Waals surface area contributed by atoms with Gasteiger partial charge in [-0.1, -0.05) is 0 Å². The molecule has 0 aliphatic heterocycles. The predicted molar refractivity (Wildman–Crippen MR) is 65.5 cm³/mol. The second kappa shape index (κ2) is 6.65. The highest BCUT2D eigenvalue weighted by Crippen LogP contribution is 2.26. The molecule has 0 spiro atoms. The van der Waals surface area contributed by atoms with Gasteiger partial charge in [0.2, 0.25) is 10.0 Å². The van der Waals surface area contributed by atoms with Gasteiger partial charge in [-0.25, -0.2) is 13.1 Å². The lowest BCUT2D eigenvalue weighted by atomic mass is 9.85. The molecule has 17 heavy (non-hydrogen) atoms. The lowest BCUT2D eigenvalue weighted by molar-refractivity contribution is -0.130. The topological polar surface area (TPSA) is 76.7 Å². The molecule has 0 aromatic carbocycles. The first-order valence-corrected chi connectivity index (χ1v) is 7.69. The number of methoxy groups -OCH3 is 1. The third-order valence-electron chi connectivity index (χ3n) is 2.80. The average molecular weight is 266 g/mol. The van der Waals surface area contributed by atoms with E-state index in [9.17, 15) is 8.42 Å². The molecule has 1 rings (SSSR count). The maximum atomic E-state index is 10.8. The number of sulfonamides is 1. The smallest absolute Gasteiger partial charge is 0.208 e. The zero-order chi connectivity index (χ0) is 12.9. The molecule has 0 radical (unpaired) electrons. The molecule has 102 valence electrons. The minimum atomic E-state index is -3.10. The van der Waals surface area contributed by atoms with Gasteiger partial charge in [-0.2, -0.15) is 0 Å². The first kappa shape index (κ1) is 14.8. The van der Waals surface area contributed by atoms with Gasteiger partial charge in [0.15, 0.2) is 0 Å². The van der Waals surface area contributed by atoms with Crippen molar-refractivity contribution in [2.24, 2.45) is 0 Å². The van der Waals surface area contributed by atoms with Crippen LogP contribution in [0.15, 0.2) is 0 Å². The average Bonchev–Trinajstić information content (AvgIpc) is 2.20. The Balaban J connectivity index is 2.17. The zero-order valence-electron chi connectivity index (χ0n) is 10.6. The van der Waals surface area contributed by atoms with E-state index in [1.165, 1.54) is 0 Å². The summed E-state index contributed by atoms with van der Waals surface area (Å²) in [5, 5.41) is 3.25. The Kier molecular flexibility index (Phi) is 5.81. The third kappa shape index (κ3) is 4.89. The first-order valence-electron chi connectivity index (χ1n) is 5.80. The van der Waals surface area contributed by atoms with Gasteiger partial charge in [-0.05, 0) is 13.3 Å². The van der Waals surface area contributed by atoms with Crippen molar-refractivity contribution in [1.29, 1.82) is 0 Å². The summed E-state index contributed by atoms with van der Waals surface area (Å²) < 4.78 is 34.9. The zero-order valence-corrected chi connectivity index (χ0v) is 11.4. The largest absolute Gasteiger partial charge is 0.377 e. The molecule has 1 aliphatic carbocycles. The van der Waals surface area contributed by atoms with Crippen LogP contribution in [-0.4, -0.2) is 59.7 Å². The Labute approximate surface area is 103 Å². The summed E-state index contributed by atoms with van der Waals surface area (Å²) in [4.78, 5) is 0. The van der Waals surface area contributed by atoms with Crippen molar-refractivity contribution in [3.63, 3.8) is 0 Å². The molecular formula is C10H22N2O4S. The summed E-state index contributed by atoms with van der Waals surface area (Å²) in [6, 6.07) is 0.248. The molecule has 3 unspecified atom stereocenters. The van der Waals surface area contributed by atoms with E-state index < -0.39 is 10.0 Å². The van der Waals surface area contributed by atoms with E-state index in [1.54, 1.807) is 7.11 Å². The maximum absolute atomic E-state index is 10.8. The summed E-state index contributed by atoms with van der Waals surface area (Å²) in [6.07, 6.45) is 2.28. The van der Waals surface area contributed by atoms with E-state index >= 15 is 0 Å². The fraction of sp³-hybridized carbons (Fsp3) is 1.00. The van der Waals surface area contributed by atoms with Crippen LogP contribution in [0, 0.1) is 0 Å². The molecule has 1 aliphatic rings. The number of nitrogens with one attached hydrogen (secondary N) is 2. The lowest BCUT2D eigenvalue weighted by Gasteiger charge is -2.43. The van der Waals surface area contributed by atoms with Crippen molar-refractivity contribution in [3.8, 4) is 0 Å². The number of rotatable bonds is 8. The molecule has 0 aromatic heterocycles. The van der Waals surface area contributed by atoms with E-state index in [2.05, 4.69) is 10.0 Å². The van der Waals surface area contributed by atoms with Gasteiger partial charge in [0.25, 0.3) is 0 Å². The molecule has 6 nitrogen and oxygen atoms in total. The Morgan fingerprint density at radius 1 is 1.35 bits per heavy atom. The van der Waals surface area contributed by atoms with Crippen molar-refractivity contribution in [2.45, 2.75) is 31.6 Å². The summed E-state index contributed by atoms with van der Waals surface area (Å²) >= 11 is 0. The number of hydrogen-bond donors (Lipinski definition) is 2. The van der Waals surface area contributed by atoms with Crippen molar-refractivity contribution >= 4 is 10.0 Å². The van der Waals surface area contributed by atoms with E-state index in [0.717, 1.165) is 12.7 Å². The molecule has 7 heteroatoms. The summed E-state index contributed by atoms with van der Waals surface area (Å²) in [5.74, 6) is 0. The molecule has 0 aromatic rings. The number of hydrogen-bond acceptors (Lipinski definition) is 5. The van der Waals surface area contributed by atoms with E-state index in [0.29, 0.717) is 19.7 Å². The molecule has 0 heterocycles.